The Morgan fingerprint density at radius 2 is 2.05 bits per heavy atom. The van der Waals surface area contributed by atoms with Crippen LogP contribution in [0, 0.1) is 0 Å². The number of hydrogen-bond acceptors (Lipinski definition) is 3. The zero-order chi connectivity index (χ0) is 16.3. The highest BCUT2D eigenvalue weighted by atomic mass is 35.5. The topological polar surface area (TPSA) is 41.6 Å². The number of carbonyl (C=O) groups excluding carboxylic acids is 1. The third kappa shape index (κ3) is 4.89. The van der Waals surface area contributed by atoms with E-state index in [0.29, 0.717) is 12.6 Å². The van der Waals surface area contributed by atoms with Gasteiger partial charge in [-0.3, -0.25) is 0 Å². The lowest BCUT2D eigenvalue weighted by Crippen LogP contribution is -2.40. The number of hydrogen-bond donors (Lipinski definition) is 1. The lowest BCUT2D eigenvalue weighted by Gasteiger charge is -2.25. The van der Waals surface area contributed by atoms with Gasteiger partial charge < -0.3 is 15.0 Å². The minimum absolute atomic E-state index is 0.282. The summed E-state index contributed by atoms with van der Waals surface area (Å²) < 4.78 is 5.33. The molecule has 0 saturated carbocycles. The molecular weight excluding hydrogens is 300 g/mol. The first-order chi connectivity index (χ1) is 10.2. The molecule has 0 bridgehead atoms. The Labute approximate surface area is 137 Å². The van der Waals surface area contributed by atoms with E-state index in [4.69, 9.17) is 16.3 Å². The fraction of sp³-hybridized carbons (Fsp3) is 0.588. The summed E-state index contributed by atoms with van der Waals surface area (Å²) in [7, 11) is 1.76. The fourth-order valence-electron chi connectivity index (χ4n) is 2.60. The first-order valence-corrected chi connectivity index (χ1v) is 8.07. The van der Waals surface area contributed by atoms with Crippen LogP contribution in [0.2, 0.25) is 5.02 Å². The van der Waals surface area contributed by atoms with Gasteiger partial charge in [0.1, 0.15) is 5.60 Å². The fourth-order valence-corrected chi connectivity index (χ4v) is 2.79. The number of carbonyl (C=O) groups is 1. The van der Waals surface area contributed by atoms with Crippen molar-refractivity contribution in [3.63, 3.8) is 0 Å². The second-order valence-corrected chi connectivity index (χ2v) is 7.31. The van der Waals surface area contributed by atoms with Crippen LogP contribution in [0.15, 0.2) is 18.2 Å². The standard InChI is InChI=1S/C17H25ClN2O2/c1-17(2,3)22-16(21)20(4)8-7-19-15-10-12-5-6-14(18)9-13(12)11-15/h5-6,9,15,19H,7-8,10-11H2,1-4H3. The third-order valence-electron chi connectivity index (χ3n) is 3.69. The molecule has 1 aliphatic rings. The molecule has 0 radical (unpaired) electrons. The van der Waals surface area contributed by atoms with E-state index in [0.717, 1.165) is 24.4 Å². The van der Waals surface area contributed by atoms with Crippen molar-refractivity contribution in [2.45, 2.75) is 45.3 Å². The SMILES string of the molecule is CN(CCNC1Cc2ccc(Cl)cc2C1)C(=O)OC(C)(C)C. The third-order valence-corrected chi connectivity index (χ3v) is 3.92. The van der Waals surface area contributed by atoms with Gasteiger partial charge in [-0.2, -0.15) is 0 Å². The van der Waals surface area contributed by atoms with Gasteiger partial charge in [0.25, 0.3) is 0 Å². The van der Waals surface area contributed by atoms with Crippen LogP contribution in [0.25, 0.3) is 0 Å². The Morgan fingerprint density at radius 1 is 1.36 bits per heavy atom. The van der Waals surface area contributed by atoms with E-state index in [1.165, 1.54) is 11.1 Å². The van der Waals surface area contributed by atoms with E-state index in [2.05, 4.69) is 11.4 Å². The van der Waals surface area contributed by atoms with Gasteiger partial charge in [-0.05, 0) is 56.9 Å². The number of amides is 1. The Hall–Kier alpha value is -1.26. The summed E-state index contributed by atoms with van der Waals surface area (Å²) in [5, 5.41) is 4.30. The molecule has 1 unspecified atom stereocenters. The molecule has 22 heavy (non-hydrogen) atoms. The summed E-state index contributed by atoms with van der Waals surface area (Å²) in [5.41, 5.74) is 2.23. The molecule has 1 atom stereocenters. The number of nitrogens with one attached hydrogen (secondary N) is 1. The molecule has 1 aromatic rings. The summed E-state index contributed by atoms with van der Waals surface area (Å²) in [6, 6.07) is 6.51. The molecule has 1 N–H and O–H groups in total. The van der Waals surface area contributed by atoms with Crippen LogP contribution in [0.3, 0.4) is 0 Å². The molecule has 1 aliphatic carbocycles. The van der Waals surface area contributed by atoms with Crippen LogP contribution < -0.4 is 5.32 Å². The monoisotopic (exact) mass is 324 g/mol. The lowest BCUT2D eigenvalue weighted by atomic mass is 10.1. The van der Waals surface area contributed by atoms with Crippen molar-refractivity contribution in [2.75, 3.05) is 20.1 Å². The zero-order valence-corrected chi connectivity index (χ0v) is 14.5. The van der Waals surface area contributed by atoms with Crippen LogP contribution in [0.1, 0.15) is 31.9 Å². The molecule has 0 saturated heterocycles. The predicted octanol–water partition coefficient (Wildman–Crippen LogP) is 3.26. The highest BCUT2D eigenvalue weighted by molar-refractivity contribution is 6.30. The minimum Gasteiger partial charge on any atom is -0.444 e. The van der Waals surface area contributed by atoms with Crippen LogP contribution in [0.5, 0.6) is 0 Å². The molecule has 2 rings (SSSR count). The van der Waals surface area contributed by atoms with E-state index in [9.17, 15) is 4.79 Å². The first kappa shape index (κ1) is 17.1. The number of likely N-dealkylation sites (N-methyl/N-ethyl adjacent to an activating group) is 1. The number of rotatable bonds is 4. The van der Waals surface area contributed by atoms with Gasteiger partial charge >= 0.3 is 6.09 Å². The van der Waals surface area contributed by atoms with Crippen LogP contribution in [-0.2, 0) is 17.6 Å². The maximum absolute atomic E-state index is 11.9. The summed E-state index contributed by atoms with van der Waals surface area (Å²) >= 11 is 6.03. The Balaban J connectivity index is 1.73. The van der Waals surface area contributed by atoms with E-state index in [-0.39, 0.29) is 6.09 Å². The Kier molecular flexibility index (Phi) is 5.35. The molecule has 122 valence electrons. The van der Waals surface area contributed by atoms with E-state index < -0.39 is 5.60 Å². The van der Waals surface area contributed by atoms with E-state index in [1.54, 1.807) is 11.9 Å². The number of fused-ring (bicyclic) bond motifs is 1. The average Bonchev–Trinajstić information content (AvgIpc) is 2.78. The second kappa shape index (κ2) is 6.88. The molecule has 5 heteroatoms. The molecular formula is C17H25ClN2O2. The molecule has 0 aliphatic heterocycles. The van der Waals surface area contributed by atoms with Crippen molar-refractivity contribution in [2.24, 2.45) is 0 Å². The predicted molar refractivity (Wildman–Crippen MR) is 89.5 cm³/mol. The van der Waals surface area contributed by atoms with Gasteiger partial charge in [0, 0.05) is 31.2 Å². The summed E-state index contributed by atoms with van der Waals surface area (Å²) in [4.78, 5) is 13.5. The first-order valence-electron chi connectivity index (χ1n) is 7.69. The van der Waals surface area contributed by atoms with Crippen molar-refractivity contribution in [1.82, 2.24) is 10.2 Å². The molecule has 0 heterocycles. The normalized spacial score (nSPS) is 17.2. The van der Waals surface area contributed by atoms with Gasteiger partial charge in [0.05, 0.1) is 0 Å². The van der Waals surface area contributed by atoms with Crippen molar-refractivity contribution in [3.8, 4) is 0 Å². The Bertz CT molecular complexity index is 540. The highest BCUT2D eigenvalue weighted by Crippen LogP contribution is 2.25. The number of nitrogens with zero attached hydrogens (tertiary/aromatic N) is 1. The van der Waals surface area contributed by atoms with Gasteiger partial charge in [-0.15, -0.1) is 0 Å². The van der Waals surface area contributed by atoms with Crippen molar-refractivity contribution in [1.29, 1.82) is 0 Å². The lowest BCUT2D eigenvalue weighted by molar-refractivity contribution is 0.0299. The van der Waals surface area contributed by atoms with E-state index >= 15 is 0 Å². The van der Waals surface area contributed by atoms with Gasteiger partial charge in [-0.25, -0.2) is 4.79 Å². The quantitative estimate of drug-likeness (QED) is 0.924. The number of halogens is 1. The maximum Gasteiger partial charge on any atom is 0.410 e. The minimum atomic E-state index is -0.453. The smallest absolute Gasteiger partial charge is 0.410 e. The second-order valence-electron chi connectivity index (χ2n) is 6.87. The van der Waals surface area contributed by atoms with Gasteiger partial charge in [0.2, 0.25) is 0 Å². The number of ether oxygens (including phenoxy) is 1. The summed E-state index contributed by atoms with van der Waals surface area (Å²) in [5.74, 6) is 0. The van der Waals surface area contributed by atoms with Crippen molar-refractivity contribution in [3.05, 3.63) is 34.3 Å². The summed E-state index contributed by atoms with van der Waals surface area (Å²) in [6.45, 7) is 7.00. The highest BCUT2D eigenvalue weighted by Gasteiger charge is 2.22. The molecule has 1 aromatic carbocycles. The van der Waals surface area contributed by atoms with Crippen LogP contribution in [0.4, 0.5) is 4.79 Å². The molecule has 1 amide bonds. The molecule has 4 nitrogen and oxygen atoms in total. The van der Waals surface area contributed by atoms with Crippen LogP contribution in [-0.4, -0.2) is 42.8 Å². The molecule has 0 spiro atoms. The molecule has 0 fully saturated rings. The van der Waals surface area contributed by atoms with Gasteiger partial charge in [-0.1, -0.05) is 17.7 Å². The number of benzene rings is 1. The zero-order valence-electron chi connectivity index (χ0n) is 13.8. The average molecular weight is 325 g/mol. The van der Waals surface area contributed by atoms with Crippen molar-refractivity contribution < 1.29 is 9.53 Å². The largest absolute Gasteiger partial charge is 0.444 e. The van der Waals surface area contributed by atoms with Gasteiger partial charge in [0.15, 0.2) is 0 Å². The Morgan fingerprint density at radius 3 is 2.73 bits per heavy atom. The maximum atomic E-state index is 11.9. The van der Waals surface area contributed by atoms with E-state index in [1.807, 2.05) is 32.9 Å². The summed E-state index contributed by atoms with van der Waals surface area (Å²) in [6.07, 6.45) is 1.73. The van der Waals surface area contributed by atoms with Crippen LogP contribution >= 0.6 is 11.6 Å². The van der Waals surface area contributed by atoms with Crippen molar-refractivity contribution >= 4 is 17.7 Å². The molecule has 0 aromatic heterocycles.